The predicted molar refractivity (Wildman–Crippen MR) is 88.5 cm³/mol. The minimum absolute atomic E-state index is 0.0375. The van der Waals surface area contributed by atoms with Gasteiger partial charge in [0.1, 0.15) is 6.54 Å². The summed E-state index contributed by atoms with van der Waals surface area (Å²) >= 11 is 0. The average molecular weight is 341 g/mol. The quantitative estimate of drug-likeness (QED) is 0.764. The van der Waals surface area contributed by atoms with E-state index < -0.39 is 23.7 Å². The average Bonchev–Trinajstić information content (AvgIpc) is 2.54. The SMILES string of the molecule is CCCNC(=O)CN(CCC)C(=O)N[C@H](C)c1ccc(F)c(F)c1. The molecule has 0 aromatic heterocycles. The Bertz CT molecular complexity index is 567. The van der Waals surface area contributed by atoms with E-state index in [1.807, 2.05) is 13.8 Å². The van der Waals surface area contributed by atoms with Crippen molar-refractivity contribution in [2.75, 3.05) is 19.6 Å². The molecular formula is C17H25F2N3O2. The molecule has 0 saturated carbocycles. The standard InChI is InChI=1S/C17H25F2N3O2/c1-4-8-20-16(23)11-22(9-5-2)17(24)21-12(3)13-6-7-14(18)15(19)10-13/h6-7,10,12H,4-5,8-9,11H2,1-3H3,(H,20,23)(H,21,24)/t12-/m1/s1. The molecule has 1 rings (SSSR count). The molecule has 1 atom stereocenters. The fourth-order valence-electron chi connectivity index (χ4n) is 2.16. The van der Waals surface area contributed by atoms with E-state index in [4.69, 9.17) is 0 Å². The molecule has 1 aromatic carbocycles. The van der Waals surface area contributed by atoms with Gasteiger partial charge in [-0.25, -0.2) is 13.6 Å². The van der Waals surface area contributed by atoms with Crippen molar-refractivity contribution in [2.45, 2.75) is 39.7 Å². The molecule has 5 nitrogen and oxygen atoms in total. The smallest absolute Gasteiger partial charge is 0.318 e. The van der Waals surface area contributed by atoms with Crippen molar-refractivity contribution >= 4 is 11.9 Å². The molecule has 0 unspecified atom stereocenters. The number of carbonyl (C=O) groups excluding carboxylic acids is 2. The van der Waals surface area contributed by atoms with Crippen LogP contribution < -0.4 is 10.6 Å². The zero-order valence-corrected chi connectivity index (χ0v) is 14.4. The topological polar surface area (TPSA) is 61.4 Å². The fraction of sp³-hybridized carbons (Fsp3) is 0.529. The Balaban J connectivity index is 2.69. The van der Waals surface area contributed by atoms with E-state index in [0.717, 1.165) is 18.6 Å². The molecule has 7 heteroatoms. The van der Waals surface area contributed by atoms with Gasteiger partial charge in [0.25, 0.3) is 0 Å². The molecule has 0 fully saturated rings. The van der Waals surface area contributed by atoms with Gasteiger partial charge in [0.2, 0.25) is 5.91 Å². The van der Waals surface area contributed by atoms with Gasteiger partial charge in [0.05, 0.1) is 6.04 Å². The normalized spacial score (nSPS) is 11.7. The number of hydrogen-bond donors (Lipinski definition) is 2. The highest BCUT2D eigenvalue weighted by molar-refractivity contribution is 5.84. The third kappa shape index (κ3) is 6.14. The van der Waals surface area contributed by atoms with Crippen LogP contribution in [0.15, 0.2) is 18.2 Å². The van der Waals surface area contributed by atoms with Crippen molar-refractivity contribution in [1.82, 2.24) is 15.5 Å². The highest BCUT2D eigenvalue weighted by Gasteiger charge is 2.19. The zero-order valence-electron chi connectivity index (χ0n) is 14.4. The molecule has 0 bridgehead atoms. The van der Waals surface area contributed by atoms with Crippen molar-refractivity contribution < 1.29 is 18.4 Å². The molecule has 0 aliphatic rings. The van der Waals surface area contributed by atoms with Crippen LogP contribution in [0.3, 0.4) is 0 Å². The second-order valence-corrected chi connectivity index (χ2v) is 5.62. The molecule has 0 heterocycles. The number of halogens is 2. The number of nitrogens with zero attached hydrogens (tertiary/aromatic N) is 1. The largest absolute Gasteiger partial charge is 0.355 e. The third-order valence-electron chi connectivity index (χ3n) is 3.47. The predicted octanol–water partition coefficient (Wildman–Crippen LogP) is 2.97. The minimum Gasteiger partial charge on any atom is -0.355 e. The Labute approximate surface area is 141 Å². The van der Waals surface area contributed by atoms with Crippen LogP contribution in [-0.2, 0) is 4.79 Å². The first kappa shape index (κ1) is 19.9. The first-order valence-electron chi connectivity index (χ1n) is 8.16. The lowest BCUT2D eigenvalue weighted by Gasteiger charge is -2.24. The molecule has 1 aromatic rings. The van der Waals surface area contributed by atoms with E-state index in [1.165, 1.54) is 11.0 Å². The first-order valence-corrected chi connectivity index (χ1v) is 8.16. The summed E-state index contributed by atoms with van der Waals surface area (Å²) in [6, 6.07) is 2.57. The summed E-state index contributed by atoms with van der Waals surface area (Å²) < 4.78 is 26.3. The number of nitrogens with one attached hydrogen (secondary N) is 2. The van der Waals surface area contributed by atoms with E-state index >= 15 is 0 Å². The van der Waals surface area contributed by atoms with Crippen molar-refractivity contribution in [3.63, 3.8) is 0 Å². The van der Waals surface area contributed by atoms with Gasteiger partial charge in [0.15, 0.2) is 11.6 Å². The Kier molecular flexibility index (Phi) is 8.15. The minimum atomic E-state index is -0.960. The van der Waals surface area contributed by atoms with E-state index in [9.17, 15) is 18.4 Å². The molecule has 2 N–H and O–H groups in total. The summed E-state index contributed by atoms with van der Waals surface area (Å²) in [5, 5.41) is 5.43. The molecule has 0 aliphatic carbocycles. The number of benzene rings is 1. The van der Waals surface area contributed by atoms with Crippen LogP contribution in [0.1, 0.15) is 45.2 Å². The highest BCUT2D eigenvalue weighted by atomic mass is 19.2. The van der Waals surface area contributed by atoms with Crippen LogP contribution in [0.5, 0.6) is 0 Å². The summed E-state index contributed by atoms with van der Waals surface area (Å²) in [6.07, 6.45) is 1.52. The third-order valence-corrected chi connectivity index (χ3v) is 3.47. The molecule has 0 radical (unpaired) electrons. The van der Waals surface area contributed by atoms with Gasteiger partial charge in [0, 0.05) is 13.1 Å². The Morgan fingerprint density at radius 1 is 1.17 bits per heavy atom. The molecule has 24 heavy (non-hydrogen) atoms. The maximum atomic E-state index is 13.3. The molecule has 3 amide bonds. The van der Waals surface area contributed by atoms with Gasteiger partial charge in [-0.3, -0.25) is 4.79 Å². The molecular weight excluding hydrogens is 316 g/mol. The van der Waals surface area contributed by atoms with Gasteiger partial charge >= 0.3 is 6.03 Å². The lowest BCUT2D eigenvalue weighted by atomic mass is 10.1. The summed E-state index contributed by atoms with van der Waals surface area (Å²) in [5.41, 5.74) is 0.453. The Morgan fingerprint density at radius 2 is 1.88 bits per heavy atom. The van der Waals surface area contributed by atoms with Crippen LogP contribution in [0.25, 0.3) is 0 Å². The number of urea groups is 1. The second kappa shape index (κ2) is 9.85. The van der Waals surface area contributed by atoms with E-state index in [-0.39, 0.29) is 12.5 Å². The van der Waals surface area contributed by atoms with Gasteiger partial charge in [-0.15, -0.1) is 0 Å². The van der Waals surface area contributed by atoms with Crippen LogP contribution in [0, 0.1) is 11.6 Å². The van der Waals surface area contributed by atoms with Crippen LogP contribution in [0.4, 0.5) is 13.6 Å². The lowest BCUT2D eigenvalue weighted by Crippen LogP contribution is -2.46. The Morgan fingerprint density at radius 3 is 2.46 bits per heavy atom. The molecule has 0 saturated heterocycles. The summed E-state index contributed by atoms with van der Waals surface area (Å²) in [5.74, 6) is -2.11. The van der Waals surface area contributed by atoms with Gasteiger partial charge < -0.3 is 15.5 Å². The maximum Gasteiger partial charge on any atom is 0.318 e. The molecule has 0 spiro atoms. The fourth-order valence-corrected chi connectivity index (χ4v) is 2.16. The summed E-state index contributed by atoms with van der Waals surface area (Å²) in [4.78, 5) is 25.6. The highest BCUT2D eigenvalue weighted by Crippen LogP contribution is 2.16. The van der Waals surface area contributed by atoms with E-state index in [2.05, 4.69) is 10.6 Å². The number of carbonyl (C=O) groups is 2. The van der Waals surface area contributed by atoms with Crippen LogP contribution in [0.2, 0.25) is 0 Å². The maximum absolute atomic E-state index is 13.3. The van der Waals surface area contributed by atoms with Crippen LogP contribution >= 0.6 is 0 Å². The summed E-state index contributed by atoms with van der Waals surface area (Å²) in [7, 11) is 0. The van der Waals surface area contributed by atoms with Crippen LogP contribution in [-0.4, -0.2) is 36.5 Å². The van der Waals surface area contributed by atoms with Crippen molar-refractivity contribution in [2.24, 2.45) is 0 Å². The first-order chi connectivity index (χ1) is 11.4. The number of amides is 3. The van der Waals surface area contributed by atoms with E-state index in [1.54, 1.807) is 6.92 Å². The van der Waals surface area contributed by atoms with Gasteiger partial charge in [-0.05, 0) is 37.5 Å². The zero-order chi connectivity index (χ0) is 18.1. The van der Waals surface area contributed by atoms with Crippen molar-refractivity contribution in [3.05, 3.63) is 35.4 Å². The molecule has 0 aliphatic heterocycles. The molecule has 134 valence electrons. The van der Waals surface area contributed by atoms with Gasteiger partial charge in [-0.2, -0.15) is 0 Å². The summed E-state index contributed by atoms with van der Waals surface area (Å²) in [6.45, 7) is 6.47. The lowest BCUT2D eigenvalue weighted by molar-refractivity contribution is -0.121. The van der Waals surface area contributed by atoms with Crippen molar-refractivity contribution in [3.8, 4) is 0 Å². The van der Waals surface area contributed by atoms with E-state index in [0.29, 0.717) is 25.1 Å². The number of hydrogen-bond acceptors (Lipinski definition) is 2. The van der Waals surface area contributed by atoms with Gasteiger partial charge in [-0.1, -0.05) is 19.9 Å². The monoisotopic (exact) mass is 341 g/mol. The second-order valence-electron chi connectivity index (χ2n) is 5.62. The number of rotatable bonds is 8. The van der Waals surface area contributed by atoms with Crippen molar-refractivity contribution in [1.29, 1.82) is 0 Å². The Hall–Kier alpha value is -2.18.